The number of piperazine rings is 1. The van der Waals surface area contributed by atoms with Gasteiger partial charge in [0.05, 0.1) is 0 Å². The van der Waals surface area contributed by atoms with Crippen LogP contribution in [0.5, 0.6) is 0 Å². The Morgan fingerprint density at radius 2 is 1.85 bits per heavy atom. The number of nitrogens with two attached hydrogens (primary N) is 1. The molecule has 0 radical (unpaired) electrons. The predicted octanol–water partition coefficient (Wildman–Crippen LogP) is 1.55. The quantitative estimate of drug-likeness (QED) is 0.770. The Labute approximate surface area is 123 Å². The second-order valence-electron chi connectivity index (χ2n) is 7.06. The highest BCUT2D eigenvalue weighted by molar-refractivity contribution is 5.76. The lowest BCUT2D eigenvalue weighted by atomic mass is 9.93. The van der Waals surface area contributed by atoms with E-state index < -0.39 is 0 Å². The maximum atomic E-state index is 12.3. The molecule has 116 valence electrons. The van der Waals surface area contributed by atoms with Crippen molar-refractivity contribution >= 4 is 5.91 Å². The van der Waals surface area contributed by atoms with Crippen LogP contribution in [0.15, 0.2) is 0 Å². The number of nitrogens with zero attached hydrogens (tertiary/aromatic N) is 2. The molecule has 0 aromatic carbocycles. The second kappa shape index (κ2) is 7.41. The first-order valence-electron chi connectivity index (χ1n) is 8.28. The molecule has 1 amide bonds. The maximum absolute atomic E-state index is 12.3. The Morgan fingerprint density at radius 3 is 2.35 bits per heavy atom. The van der Waals surface area contributed by atoms with Crippen LogP contribution in [-0.4, -0.2) is 55.0 Å². The molecule has 2 rings (SSSR count). The summed E-state index contributed by atoms with van der Waals surface area (Å²) >= 11 is 0. The van der Waals surface area contributed by atoms with Gasteiger partial charge in [0.25, 0.3) is 0 Å². The Morgan fingerprint density at radius 1 is 1.20 bits per heavy atom. The monoisotopic (exact) mass is 281 g/mol. The first-order valence-corrected chi connectivity index (χ1v) is 8.28. The fraction of sp³-hybridized carbons (Fsp3) is 0.938. The third-order valence-corrected chi connectivity index (χ3v) is 4.54. The summed E-state index contributed by atoms with van der Waals surface area (Å²) < 4.78 is 0. The largest absolute Gasteiger partial charge is 0.340 e. The summed E-state index contributed by atoms with van der Waals surface area (Å²) in [5, 5.41) is 0. The Kier molecular flexibility index (Phi) is 5.85. The van der Waals surface area contributed by atoms with Gasteiger partial charge in [0.1, 0.15) is 0 Å². The van der Waals surface area contributed by atoms with Crippen molar-refractivity contribution in [2.45, 2.75) is 39.5 Å². The van der Waals surface area contributed by atoms with E-state index in [-0.39, 0.29) is 0 Å². The average Bonchev–Trinajstić information content (AvgIpc) is 3.22. The van der Waals surface area contributed by atoms with Crippen molar-refractivity contribution in [3.63, 3.8) is 0 Å². The number of carbonyl (C=O) groups excluding carboxylic acids is 1. The summed E-state index contributed by atoms with van der Waals surface area (Å²) in [7, 11) is 0. The molecule has 0 bridgehead atoms. The van der Waals surface area contributed by atoms with Crippen LogP contribution in [0.2, 0.25) is 0 Å². The van der Waals surface area contributed by atoms with Crippen LogP contribution < -0.4 is 5.73 Å². The van der Waals surface area contributed by atoms with Crippen molar-refractivity contribution in [3.8, 4) is 0 Å². The summed E-state index contributed by atoms with van der Waals surface area (Å²) in [4.78, 5) is 16.9. The fourth-order valence-corrected chi connectivity index (χ4v) is 3.15. The summed E-state index contributed by atoms with van der Waals surface area (Å²) in [6, 6.07) is 0. The van der Waals surface area contributed by atoms with Crippen LogP contribution in [0, 0.1) is 17.8 Å². The maximum Gasteiger partial charge on any atom is 0.222 e. The average molecular weight is 281 g/mol. The molecule has 2 fully saturated rings. The van der Waals surface area contributed by atoms with E-state index in [1.54, 1.807) is 0 Å². The van der Waals surface area contributed by atoms with Crippen LogP contribution in [0.1, 0.15) is 39.5 Å². The molecule has 1 saturated carbocycles. The SMILES string of the molecule is CC(C)C[C@H](CN)CC(=O)N1CCN(CC2CC2)CC1. The Balaban J connectivity index is 1.70. The first kappa shape index (κ1) is 15.8. The van der Waals surface area contributed by atoms with E-state index in [0.29, 0.717) is 30.7 Å². The van der Waals surface area contributed by atoms with Crippen LogP contribution in [0.4, 0.5) is 0 Å². The molecule has 0 spiro atoms. The van der Waals surface area contributed by atoms with E-state index in [1.807, 2.05) is 4.90 Å². The minimum atomic E-state index is 0.312. The standard InChI is InChI=1S/C16H31N3O/c1-13(2)9-15(11-17)10-16(20)19-7-5-18(6-8-19)12-14-3-4-14/h13-15H,3-12,17H2,1-2H3/t15-/m0/s1. The van der Waals surface area contributed by atoms with E-state index in [2.05, 4.69) is 18.7 Å². The summed E-state index contributed by atoms with van der Waals surface area (Å²) in [6.07, 6.45) is 4.51. The topological polar surface area (TPSA) is 49.6 Å². The van der Waals surface area contributed by atoms with Crippen LogP contribution >= 0.6 is 0 Å². The summed E-state index contributed by atoms with van der Waals surface area (Å²) in [6.45, 7) is 10.2. The summed E-state index contributed by atoms with van der Waals surface area (Å²) in [5.74, 6) is 2.23. The number of rotatable bonds is 7. The lowest BCUT2D eigenvalue weighted by Gasteiger charge is -2.35. The normalized spacial score (nSPS) is 22.3. The van der Waals surface area contributed by atoms with Crippen LogP contribution in [0.3, 0.4) is 0 Å². The van der Waals surface area contributed by atoms with Gasteiger partial charge in [-0.05, 0) is 43.6 Å². The number of hydrogen-bond donors (Lipinski definition) is 1. The highest BCUT2D eigenvalue weighted by Crippen LogP contribution is 2.30. The van der Waals surface area contributed by atoms with Crippen molar-refractivity contribution in [3.05, 3.63) is 0 Å². The lowest BCUT2D eigenvalue weighted by Crippen LogP contribution is -2.49. The van der Waals surface area contributed by atoms with E-state index in [4.69, 9.17) is 5.73 Å². The molecular formula is C16H31N3O. The molecule has 4 heteroatoms. The fourth-order valence-electron chi connectivity index (χ4n) is 3.15. The zero-order chi connectivity index (χ0) is 14.5. The van der Waals surface area contributed by atoms with E-state index >= 15 is 0 Å². The van der Waals surface area contributed by atoms with Crippen molar-refractivity contribution in [2.75, 3.05) is 39.3 Å². The van der Waals surface area contributed by atoms with Crippen molar-refractivity contribution < 1.29 is 4.79 Å². The minimum Gasteiger partial charge on any atom is -0.340 e. The first-order chi connectivity index (χ1) is 9.58. The number of hydrogen-bond acceptors (Lipinski definition) is 3. The number of amides is 1. The third-order valence-electron chi connectivity index (χ3n) is 4.54. The molecule has 20 heavy (non-hydrogen) atoms. The zero-order valence-corrected chi connectivity index (χ0v) is 13.2. The van der Waals surface area contributed by atoms with Gasteiger partial charge < -0.3 is 10.6 Å². The van der Waals surface area contributed by atoms with Gasteiger partial charge in [-0.15, -0.1) is 0 Å². The second-order valence-corrected chi connectivity index (χ2v) is 7.06. The molecular weight excluding hydrogens is 250 g/mol. The van der Waals surface area contributed by atoms with E-state index in [9.17, 15) is 4.79 Å². The van der Waals surface area contributed by atoms with Gasteiger partial charge in [-0.3, -0.25) is 9.69 Å². The van der Waals surface area contributed by atoms with Crippen molar-refractivity contribution in [2.24, 2.45) is 23.5 Å². The van der Waals surface area contributed by atoms with Gasteiger partial charge in [0, 0.05) is 39.1 Å². The molecule has 2 aliphatic rings. The molecule has 2 N–H and O–H groups in total. The highest BCUT2D eigenvalue weighted by atomic mass is 16.2. The van der Waals surface area contributed by atoms with Gasteiger partial charge in [-0.25, -0.2) is 0 Å². The molecule has 0 aromatic heterocycles. The van der Waals surface area contributed by atoms with Crippen molar-refractivity contribution in [1.82, 2.24) is 9.80 Å². The molecule has 1 aliphatic carbocycles. The van der Waals surface area contributed by atoms with Crippen molar-refractivity contribution in [1.29, 1.82) is 0 Å². The van der Waals surface area contributed by atoms with Gasteiger partial charge in [-0.2, -0.15) is 0 Å². The van der Waals surface area contributed by atoms with Gasteiger partial charge in [-0.1, -0.05) is 13.8 Å². The minimum absolute atomic E-state index is 0.312. The van der Waals surface area contributed by atoms with Gasteiger partial charge in [0.15, 0.2) is 0 Å². The number of carbonyl (C=O) groups is 1. The van der Waals surface area contributed by atoms with Crippen LogP contribution in [-0.2, 0) is 4.79 Å². The summed E-state index contributed by atoms with van der Waals surface area (Å²) in [5.41, 5.74) is 5.80. The Hall–Kier alpha value is -0.610. The lowest BCUT2D eigenvalue weighted by molar-refractivity contribution is -0.134. The molecule has 4 nitrogen and oxygen atoms in total. The van der Waals surface area contributed by atoms with Gasteiger partial charge >= 0.3 is 0 Å². The Bertz CT molecular complexity index is 307. The third kappa shape index (κ3) is 5.06. The molecule has 1 heterocycles. The molecule has 1 aliphatic heterocycles. The molecule has 0 unspecified atom stereocenters. The molecule has 1 atom stereocenters. The highest BCUT2D eigenvalue weighted by Gasteiger charge is 2.28. The zero-order valence-electron chi connectivity index (χ0n) is 13.2. The van der Waals surface area contributed by atoms with Gasteiger partial charge in [0.2, 0.25) is 5.91 Å². The van der Waals surface area contributed by atoms with Crippen LogP contribution in [0.25, 0.3) is 0 Å². The molecule has 1 saturated heterocycles. The van der Waals surface area contributed by atoms with E-state index in [1.165, 1.54) is 19.4 Å². The van der Waals surface area contributed by atoms with E-state index in [0.717, 1.165) is 38.5 Å². The predicted molar refractivity (Wildman–Crippen MR) is 82.4 cm³/mol. The smallest absolute Gasteiger partial charge is 0.222 e. The molecule has 0 aromatic rings.